The molecule has 1 heterocycles. The van der Waals surface area contributed by atoms with Crippen LogP contribution in [0.5, 0.6) is 0 Å². The number of hydrogen-bond acceptors (Lipinski definition) is 3. The molecule has 96 valence electrons. The Morgan fingerprint density at radius 3 is 2.89 bits per heavy atom. The van der Waals surface area contributed by atoms with Crippen LogP contribution in [0.3, 0.4) is 0 Å². The van der Waals surface area contributed by atoms with Crippen molar-refractivity contribution in [2.75, 3.05) is 0 Å². The Bertz CT molecular complexity index is 560. The van der Waals surface area contributed by atoms with Gasteiger partial charge in [0.25, 0.3) is 0 Å². The molecular weight excluding hydrogens is 246 g/mol. The maximum atomic E-state index is 10.5. The molecule has 18 heavy (non-hydrogen) atoms. The van der Waals surface area contributed by atoms with Crippen LogP contribution in [0.2, 0.25) is 0 Å². The summed E-state index contributed by atoms with van der Waals surface area (Å²) in [6.45, 7) is 4.37. The summed E-state index contributed by atoms with van der Waals surface area (Å²) in [5.41, 5.74) is 2.05. The molecule has 0 unspecified atom stereocenters. The van der Waals surface area contributed by atoms with Crippen molar-refractivity contribution in [2.24, 2.45) is 5.92 Å². The highest BCUT2D eigenvalue weighted by atomic mass is 32.1. The summed E-state index contributed by atoms with van der Waals surface area (Å²) >= 11 is 1.73. The van der Waals surface area contributed by atoms with Gasteiger partial charge < -0.3 is 5.11 Å². The summed E-state index contributed by atoms with van der Waals surface area (Å²) in [6.07, 6.45) is 1.75. The van der Waals surface area contributed by atoms with Gasteiger partial charge in [0.1, 0.15) is 0 Å². The van der Waals surface area contributed by atoms with Crippen molar-refractivity contribution >= 4 is 27.5 Å². The van der Waals surface area contributed by atoms with Crippen molar-refractivity contribution in [3.8, 4) is 0 Å². The van der Waals surface area contributed by atoms with Gasteiger partial charge in [-0.3, -0.25) is 4.79 Å². The number of carboxylic acids is 1. The number of nitrogens with zero attached hydrogens (tertiary/aromatic N) is 1. The van der Waals surface area contributed by atoms with Crippen LogP contribution in [-0.2, 0) is 17.6 Å². The van der Waals surface area contributed by atoms with Gasteiger partial charge in [0.2, 0.25) is 0 Å². The van der Waals surface area contributed by atoms with Crippen LogP contribution in [0.4, 0.5) is 0 Å². The third-order valence-corrected chi connectivity index (χ3v) is 3.77. The normalized spacial score (nSPS) is 11.3. The second kappa shape index (κ2) is 5.48. The Morgan fingerprint density at radius 1 is 1.44 bits per heavy atom. The first-order chi connectivity index (χ1) is 8.54. The summed E-state index contributed by atoms with van der Waals surface area (Å²) < 4.78 is 1.18. The number of hydrogen-bond donors (Lipinski definition) is 1. The summed E-state index contributed by atoms with van der Waals surface area (Å²) in [6, 6.07) is 6.06. The van der Waals surface area contributed by atoms with Gasteiger partial charge in [-0.15, -0.1) is 11.3 Å². The van der Waals surface area contributed by atoms with E-state index < -0.39 is 5.97 Å². The first kappa shape index (κ1) is 13.0. The van der Waals surface area contributed by atoms with Crippen molar-refractivity contribution in [1.82, 2.24) is 4.98 Å². The molecule has 0 saturated heterocycles. The van der Waals surface area contributed by atoms with E-state index in [9.17, 15) is 4.79 Å². The van der Waals surface area contributed by atoms with Crippen molar-refractivity contribution in [1.29, 1.82) is 0 Å². The Hall–Kier alpha value is -1.42. The van der Waals surface area contributed by atoms with E-state index in [1.165, 1.54) is 4.70 Å². The molecular formula is C14H17NO2S. The molecule has 0 bridgehead atoms. The fourth-order valence-electron chi connectivity index (χ4n) is 1.86. The third kappa shape index (κ3) is 3.29. The molecule has 2 aromatic rings. The predicted molar refractivity (Wildman–Crippen MR) is 74.1 cm³/mol. The highest BCUT2D eigenvalue weighted by Gasteiger charge is 2.07. The molecule has 0 amide bonds. The van der Waals surface area contributed by atoms with E-state index in [4.69, 9.17) is 5.11 Å². The number of aliphatic carboxylic acids is 1. The van der Waals surface area contributed by atoms with Crippen LogP contribution in [0.25, 0.3) is 10.2 Å². The van der Waals surface area contributed by atoms with E-state index in [1.54, 1.807) is 11.3 Å². The quantitative estimate of drug-likeness (QED) is 0.898. The van der Waals surface area contributed by atoms with Gasteiger partial charge in [0.15, 0.2) is 0 Å². The summed E-state index contributed by atoms with van der Waals surface area (Å²) in [7, 11) is 0. The average molecular weight is 263 g/mol. The lowest BCUT2D eigenvalue weighted by Crippen LogP contribution is -1.97. The van der Waals surface area contributed by atoms with Crippen molar-refractivity contribution in [3.05, 3.63) is 28.8 Å². The summed E-state index contributed by atoms with van der Waals surface area (Å²) in [5, 5.41) is 9.84. The lowest BCUT2D eigenvalue weighted by Gasteiger charge is -1.98. The van der Waals surface area contributed by atoms with Crippen LogP contribution < -0.4 is 0 Å². The van der Waals surface area contributed by atoms with Crippen LogP contribution in [0, 0.1) is 5.92 Å². The Balaban J connectivity index is 2.19. The Morgan fingerprint density at radius 2 is 2.22 bits per heavy atom. The molecule has 0 fully saturated rings. The van der Waals surface area contributed by atoms with Gasteiger partial charge in [-0.05, 0) is 30.0 Å². The number of fused-ring (bicyclic) bond motifs is 1. The topological polar surface area (TPSA) is 50.2 Å². The van der Waals surface area contributed by atoms with E-state index in [2.05, 4.69) is 18.8 Å². The number of carboxylic acid groups (broad SMARTS) is 1. The maximum Gasteiger partial charge on any atom is 0.303 e. The zero-order chi connectivity index (χ0) is 13.1. The van der Waals surface area contributed by atoms with Gasteiger partial charge in [-0.2, -0.15) is 0 Å². The maximum absolute atomic E-state index is 10.5. The number of thiazole rings is 1. The first-order valence-corrected chi connectivity index (χ1v) is 6.96. The van der Waals surface area contributed by atoms with Gasteiger partial charge in [-0.25, -0.2) is 4.98 Å². The minimum absolute atomic E-state index is 0.175. The lowest BCUT2D eigenvalue weighted by atomic mass is 10.1. The first-order valence-electron chi connectivity index (χ1n) is 6.14. The lowest BCUT2D eigenvalue weighted by molar-refractivity contribution is -0.136. The molecule has 2 rings (SSSR count). The third-order valence-electron chi connectivity index (χ3n) is 2.71. The second-order valence-corrected chi connectivity index (χ2v) is 6.02. The van der Waals surface area contributed by atoms with Crippen LogP contribution >= 0.6 is 11.3 Å². The zero-order valence-electron chi connectivity index (χ0n) is 10.6. The predicted octanol–water partition coefficient (Wildman–Crippen LogP) is 3.51. The van der Waals surface area contributed by atoms with Crippen LogP contribution in [0.1, 0.15) is 30.8 Å². The number of carbonyl (C=O) groups is 1. The van der Waals surface area contributed by atoms with Gasteiger partial charge in [0, 0.05) is 12.8 Å². The molecule has 1 aromatic heterocycles. The molecule has 0 atom stereocenters. The Kier molecular flexibility index (Phi) is 3.97. The summed E-state index contributed by atoms with van der Waals surface area (Å²) in [4.78, 5) is 15.2. The smallest absolute Gasteiger partial charge is 0.303 e. The molecule has 0 radical (unpaired) electrons. The van der Waals surface area contributed by atoms with Crippen molar-refractivity contribution in [3.63, 3.8) is 0 Å². The molecule has 0 aliphatic carbocycles. The highest BCUT2D eigenvalue weighted by molar-refractivity contribution is 7.18. The number of aromatic nitrogens is 1. The standard InChI is InChI=1S/C14H17NO2S/c1-9(2)7-13-15-11-8-10(4-6-14(16)17)3-5-12(11)18-13/h3,5,8-9H,4,6-7H2,1-2H3,(H,16,17). The van der Waals surface area contributed by atoms with Gasteiger partial charge >= 0.3 is 5.97 Å². The molecule has 1 N–H and O–H groups in total. The highest BCUT2D eigenvalue weighted by Crippen LogP contribution is 2.25. The van der Waals surface area contributed by atoms with Crippen LogP contribution in [-0.4, -0.2) is 16.1 Å². The molecule has 4 heteroatoms. The van der Waals surface area contributed by atoms with E-state index >= 15 is 0 Å². The van der Waals surface area contributed by atoms with Crippen LogP contribution in [0.15, 0.2) is 18.2 Å². The largest absolute Gasteiger partial charge is 0.481 e. The number of rotatable bonds is 5. The van der Waals surface area contributed by atoms with Gasteiger partial charge in [-0.1, -0.05) is 19.9 Å². The molecule has 0 saturated carbocycles. The monoisotopic (exact) mass is 263 g/mol. The number of benzene rings is 1. The molecule has 1 aromatic carbocycles. The SMILES string of the molecule is CC(C)Cc1nc2cc(CCC(=O)O)ccc2s1. The summed E-state index contributed by atoms with van der Waals surface area (Å²) in [5.74, 6) is -0.147. The van der Waals surface area contributed by atoms with Crippen molar-refractivity contribution < 1.29 is 9.90 Å². The number of aryl methyl sites for hydroxylation is 1. The fraction of sp³-hybridized carbons (Fsp3) is 0.429. The van der Waals surface area contributed by atoms with Crippen molar-refractivity contribution in [2.45, 2.75) is 33.1 Å². The van der Waals surface area contributed by atoms with Gasteiger partial charge in [0.05, 0.1) is 15.2 Å². The average Bonchev–Trinajstić information content (AvgIpc) is 2.66. The zero-order valence-corrected chi connectivity index (χ0v) is 11.5. The minimum Gasteiger partial charge on any atom is -0.481 e. The minimum atomic E-state index is -0.756. The fourth-order valence-corrected chi connectivity index (χ4v) is 3.02. The van der Waals surface area contributed by atoms with E-state index in [0.717, 1.165) is 22.5 Å². The van der Waals surface area contributed by atoms with E-state index in [-0.39, 0.29) is 6.42 Å². The Labute approximate surface area is 110 Å². The van der Waals surface area contributed by atoms with E-state index in [1.807, 2.05) is 18.2 Å². The molecule has 3 nitrogen and oxygen atoms in total. The molecule has 0 aliphatic rings. The molecule has 0 aliphatic heterocycles. The molecule has 0 spiro atoms. The van der Waals surface area contributed by atoms with E-state index in [0.29, 0.717) is 12.3 Å². The second-order valence-electron chi connectivity index (χ2n) is 4.90.